The number of hydrogen-bond donors (Lipinski definition) is 2. The van der Waals surface area contributed by atoms with Crippen LogP contribution in [0.3, 0.4) is 0 Å². The largest absolute Gasteiger partial charge is 0.493 e. The van der Waals surface area contributed by atoms with Gasteiger partial charge in [0.05, 0.1) is 27.4 Å². The molecule has 0 aliphatic rings. The monoisotopic (exact) mass is 485 g/mol. The van der Waals surface area contributed by atoms with Crippen LogP contribution in [0.15, 0.2) is 47.5 Å². The van der Waals surface area contributed by atoms with Crippen molar-refractivity contribution in [3.63, 3.8) is 0 Å². The van der Waals surface area contributed by atoms with Crippen LogP contribution in [0.1, 0.15) is 23.6 Å². The van der Waals surface area contributed by atoms with Crippen LogP contribution in [0.25, 0.3) is 0 Å². The molecule has 0 atom stereocenters. The lowest BCUT2D eigenvalue weighted by atomic mass is 10.1. The molecular weight excluding hydrogens is 457 g/mol. The fourth-order valence-electron chi connectivity index (χ4n) is 2.38. The van der Waals surface area contributed by atoms with Crippen molar-refractivity contribution in [3.8, 4) is 11.5 Å². The lowest BCUT2D eigenvalue weighted by Crippen LogP contribution is -2.31. The Hall–Kier alpha value is -2.00. The van der Waals surface area contributed by atoms with Gasteiger partial charge in [0.15, 0.2) is 17.5 Å². The van der Waals surface area contributed by atoms with E-state index in [2.05, 4.69) is 34.6 Å². The second kappa shape index (κ2) is 12.4. The highest BCUT2D eigenvalue weighted by atomic mass is 127. The minimum Gasteiger partial charge on any atom is -0.493 e. The molecule has 2 rings (SSSR count). The quantitative estimate of drug-likeness (QED) is 0.323. The van der Waals surface area contributed by atoms with Gasteiger partial charge in [0.2, 0.25) is 0 Å². The third-order valence-electron chi connectivity index (χ3n) is 3.85. The van der Waals surface area contributed by atoms with Crippen LogP contribution in [0, 0.1) is 0 Å². The van der Waals surface area contributed by atoms with E-state index in [1.165, 1.54) is 0 Å². The van der Waals surface area contributed by atoms with Crippen LogP contribution in [0.5, 0.6) is 11.5 Å². The highest BCUT2D eigenvalue weighted by Crippen LogP contribution is 2.27. The summed E-state index contributed by atoms with van der Waals surface area (Å²) in [6, 6.07) is 13.9. The Kier molecular flexibility index (Phi) is 10.6. The third kappa shape index (κ3) is 7.64. The molecule has 0 aromatic heterocycles. The van der Waals surface area contributed by atoms with Crippen molar-refractivity contribution in [2.75, 3.05) is 20.8 Å². The summed E-state index contributed by atoms with van der Waals surface area (Å²) >= 11 is 0. The molecule has 0 amide bonds. The number of nitrogens with zero attached hydrogens (tertiary/aromatic N) is 1. The predicted molar refractivity (Wildman–Crippen MR) is 119 cm³/mol. The average Bonchev–Trinajstić information content (AvgIpc) is 2.69. The number of nitrogens with one attached hydrogen (secondary N) is 1. The number of hydrogen-bond acceptors (Lipinski definition) is 4. The minimum atomic E-state index is 0. The Morgan fingerprint density at radius 2 is 1.59 bits per heavy atom. The van der Waals surface area contributed by atoms with Gasteiger partial charge in [0.1, 0.15) is 0 Å². The summed E-state index contributed by atoms with van der Waals surface area (Å²) in [5.41, 5.74) is 9.24. The lowest BCUT2D eigenvalue weighted by molar-refractivity contribution is 0.134. The SMILES string of the molecule is CCOCc1ccc(CNC(N)=NCc2ccc(OC)c(OC)c2)cc1.I. The molecule has 6 nitrogen and oxygen atoms in total. The number of nitrogens with two attached hydrogens (primary N) is 1. The van der Waals surface area contributed by atoms with E-state index in [0.29, 0.717) is 37.2 Å². The molecule has 148 valence electrons. The van der Waals surface area contributed by atoms with Crippen LogP contribution in [0.4, 0.5) is 0 Å². The van der Waals surface area contributed by atoms with E-state index in [1.807, 2.05) is 25.1 Å². The highest BCUT2D eigenvalue weighted by molar-refractivity contribution is 14.0. The fourth-order valence-corrected chi connectivity index (χ4v) is 2.38. The molecule has 0 unspecified atom stereocenters. The summed E-state index contributed by atoms with van der Waals surface area (Å²) in [4.78, 5) is 4.37. The Bertz CT molecular complexity index is 721. The van der Waals surface area contributed by atoms with Crippen molar-refractivity contribution in [3.05, 3.63) is 59.2 Å². The molecule has 0 spiro atoms. The number of aliphatic imine (C=N–C) groups is 1. The Morgan fingerprint density at radius 3 is 2.22 bits per heavy atom. The molecule has 0 bridgehead atoms. The first-order valence-electron chi connectivity index (χ1n) is 8.56. The molecule has 0 fully saturated rings. The first kappa shape index (κ1) is 23.0. The zero-order valence-electron chi connectivity index (χ0n) is 16.0. The maximum Gasteiger partial charge on any atom is 0.189 e. The third-order valence-corrected chi connectivity index (χ3v) is 3.85. The summed E-state index contributed by atoms with van der Waals surface area (Å²) in [6.07, 6.45) is 0. The summed E-state index contributed by atoms with van der Waals surface area (Å²) in [6.45, 7) is 4.43. The Labute approximate surface area is 178 Å². The van der Waals surface area contributed by atoms with Crippen molar-refractivity contribution in [1.82, 2.24) is 5.32 Å². The molecule has 0 saturated heterocycles. The first-order chi connectivity index (χ1) is 12.7. The molecule has 0 heterocycles. The van der Waals surface area contributed by atoms with Gasteiger partial charge >= 0.3 is 0 Å². The first-order valence-corrected chi connectivity index (χ1v) is 8.56. The van der Waals surface area contributed by atoms with Crippen molar-refractivity contribution in [2.24, 2.45) is 10.7 Å². The Morgan fingerprint density at radius 1 is 0.963 bits per heavy atom. The van der Waals surface area contributed by atoms with Crippen LogP contribution in [-0.4, -0.2) is 26.8 Å². The van der Waals surface area contributed by atoms with Gasteiger partial charge in [-0.1, -0.05) is 30.3 Å². The second-order valence-electron chi connectivity index (χ2n) is 5.70. The van der Waals surface area contributed by atoms with Gasteiger partial charge in [-0.2, -0.15) is 0 Å². The molecule has 2 aromatic rings. The van der Waals surface area contributed by atoms with E-state index < -0.39 is 0 Å². The van der Waals surface area contributed by atoms with Gasteiger partial charge in [-0.3, -0.25) is 0 Å². The molecule has 2 aromatic carbocycles. The van der Waals surface area contributed by atoms with Crippen LogP contribution < -0.4 is 20.5 Å². The molecule has 0 radical (unpaired) electrons. The van der Waals surface area contributed by atoms with Gasteiger partial charge in [-0.15, -0.1) is 24.0 Å². The molecule has 3 N–H and O–H groups in total. The van der Waals surface area contributed by atoms with E-state index in [1.54, 1.807) is 14.2 Å². The number of benzene rings is 2. The van der Waals surface area contributed by atoms with Crippen molar-refractivity contribution in [1.29, 1.82) is 0 Å². The molecule has 7 heteroatoms. The summed E-state index contributed by atoms with van der Waals surface area (Å²) in [7, 11) is 3.22. The lowest BCUT2D eigenvalue weighted by Gasteiger charge is -2.09. The maximum absolute atomic E-state index is 5.95. The fraction of sp³-hybridized carbons (Fsp3) is 0.350. The van der Waals surface area contributed by atoms with Gasteiger partial charge in [0.25, 0.3) is 0 Å². The highest BCUT2D eigenvalue weighted by Gasteiger charge is 2.04. The van der Waals surface area contributed by atoms with Crippen LogP contribution in [0.2, 0.25) is 0 Å². The average molecular weight is 485 g/mol. The van der Waals surface area contributed by atoms with Crippen LogP contribution >= 0.6 is 24.0 Å². The van der Waals surface area contributed by atoms with Gasteiger partial charge in [-0.05, 0) is 35.7 Å². The molecule has 0 aliphatic carbocycles. The number of rotatable bonds is 9. The van der Waals surface area contributed by atoms with Crippen molar-refractivity contribution in [2.45, 2.75) is 26.6 Å². The van der Waals surface area contributed by atoms with Crippen molar-refractivity contribution < 1.29 is 14.2 Å². The second-order valence-corrected chi connectivity index (χ2v) is 5.70. The summed E-state index contributed by atoms with van der Waals surface area (Å²) in [5, 5.41) is 3.12. The van der Waals surface area contributed by atoms with E-state index in [4.69, 9.17) is 19.9 Å². The molecule has 0 aliphatic heterocycles. The zero-order chi connectivity index (χ0) is 18.8. The number of halogens is 1. The Balaban J connectivity index is 0.00000364. The van der Waals surface area contributed by atoms with E-state index >= 15 is 0 Å². The number of methoxy groups -OCH3 is 2. The predicted octanol–water partition coefficient (Wildman–Crippen LogP) is 3.46. The molecular formula is C20H28IN3O3. The zero-order valence-corrected chi connectivity index (χ0v) is 18.4. The molecule has 27 heavy (non-hydrogen) atoms. The van der Waals surface area contributed by atoms with Crippen LogP contribution in [-0.2, 0) is 24.4 Å². The topological polar surface area (TPSA) is 78.1 Å². The molecule has 0 saturated carbocycles. The number of ether oxygens (including phenoxy) is 3. The van der Waals surface area contributed by atoms with E-state index in [0.717, 1.165) is 23.3 Å². The van der Waals surface area contributed by atoms with Crippen molar-refractivity contribution >= 4 is 29.9 Å². The summed E-state index contributed by atoms with van der Waals surface area (Å²) in [5.74, 6) is 1.77. The maximum atomic E-state index is 5.95. The smallest absolute Gasteiger partial charge is 0.189 e. The van der Waals surface area contributed by atoms with Gasteiger partial charge < -0.3 is 25.3 Å². The standard InChI is InChI=1S/C20H27N3O3.HI/c1-4-26-14-16-7-5-15(6-8-16)12-22-20(21)23-13-17-9-10-18(24-2)19(11-17)25-3;/h5-11H,4,12-14H2,1-3H3,(H3,21,22,23);1H. The van der Waals surface area contributed by atoms with Gasteiger partial charge in [0, 0.05) is 13.2 Å². The van der Waals surface area contributed by atoms with E-state index in [-0.39, 0.29) is 24.0 Å². The number of guanidine groups is 1. The van der Waals surface area contributed by atoms with E-state index in [9.17, 15) is 0 Å². The normalized spacial score (nSPS) is 10.9. The summed E-state index contributed by atoms with van der Waals surface area (Å²) < 4.78 is 15.9. The van der Waals surface area contributed by atoms with Gasteiger partial charge in [-0.25, -0.2) is 4.99 Å². The minimum absolute atomic E-state index is 0.